The average molecular weight is 282 g/mol. The minimum atomic E-state index is 0.227. The smallest absolute Gasteiger partial charge is 0.0325 e. The van der Waals surface area contributed by atoms with E-state index in [1.54, 1.807) is 11.3 Å². The monoisotopic (exact) mass is 282 g/mol. The fourth-order valence-electron chi connectivity index (χ4n) is 2.57. The summed E-state index contributed by atoms with van der Waals surface area (Å²) in [5.41, 5.74) is 1.70. The Morgan fingerprint density at radius 1 is 1.37 bits per heavy atom. The summed E-state index contributed by atoms with van der Waals surface area (Å²) in [5, 5.41) is 8.22. The highest BCUT2D eigenvalue weighted by Gasteiger charge is 2.33. The third kappa shape index (κ3) is 4.59. The fourth-order valence-corrected chi connectivity index (χ4v) is 3.27. The number of hydrogen-bond acceptors (Lipinski definition) is 3. The molecule has 1 aromatic rings. The van der Waals surface area contributed by atoms with Crippen LogP contribution in [0.1, 0.15) is 45.6 Å². The summed E-state index contributed by atoms with van der Waals surface area (Å²) in [7, 11) is 4.41. The molecule has 2 nitrogen and oxygen atoms in total. The maximum absolute atomic E-state index is 3.77. The second-order valence-corrected chi connectivity index (χ2v) is 6.56. The summed E-state index contributed by atoms with van der Waals surface area (Å²) < 4.78 is 0. The Labute approximate surface area is 123 Å². The van der Waals surface area contributed by atoms with Crippen molar-refractivity contribution in [1.29, 1.82) is 0 Å². The second-order valence-electron chi connectivity index (χ2n) is 5.78. The van der Waals surface area contributed by atoms with Crippen molar-refractivity contribution >= 4 is 11.3 Å². The van der Waals surface area contributed by atoms with Gasteiger partial charge < -0.3 is 10.2 Å². The van der Waals surface area contributed by atoms with Crippen LogP contribution in [0.5, 0.6) is 0 Å². The van der Waals surface area contributed by atoms with Crippen LogP contribution in [0.4, 0.5) is 0 Å². The molecule has 0 aliphatic carbocycles. The number of hydrogen-bond donors (Lipinski definition) is 1. The summed E-state index contributed by atoms with van der Waals surface area (Å²) in [6.07, 6.45) is 4.75. The topological polar surface area (TPSA) is 15.3 Å². The molecule has 0 bridgehead atoms. The van der Waals surface area contributed by atoms with Crippen molar-refractivity contribution in [3.63, 3.8) is 0 Å². The van der Waals surface area contributed by atoms with E-state index in [0.29, 0.717) is 6.04 Å². The Morgan fingerprint density at radius 3 is 2.58 bits per heavy atom. The summed E-state index contributed by atoms with van der Waals surface area (Å²) in [5.74, 6) is 0. The highest BCUT2D eigenvalue weighted by atomic mass is 32.1. The third-order valence-corrected chi connectivity index (χ3v) is 5.16. The van der Waals surface area contributed by atoms with Crippen LogP contribution in [0.3, 0.4) is 0 Å². The van der Waals surface area contributed by atoms with Gasteiger partial charge in [-0.15, -0.1) is 0 Å². The quantitative estimate of drug-likeness (QED) is 0.741. The zero-order valence-corrected chi connectivity index (χ0v) is 14.0. The van der Waals surface area contributed by atoms with Gasteiger partial charge in [-0.1, -0.05) is 13.8 Å². The van der Waals surface area contributed by atoms with Crippen LogP contribution < -0.4 is 5.32 Å². The Bertz CT molecular complexity index is 335. The molecule has 2 unspecified atom stereocenters. The van der Waals surface area contributed by atoms with Crippen molar-refractivity contribution in [2.75, 3.05) is 20.6 Å². The molecule has 0 radical (unpaired) electrons. The van der Waals surface area contributed by atoms with Gasteiger partial charge in [0.2, 0.25) is 0 Å². The van der Waals surface area contributed by atoms with Crippen LogP contribution in [0, 0.1) is 0 Å². The summed E-state index contributed by atoms with van der Waals surface area (Å²) in [6, 6.07) is 2.80. The van der Waals surface area contributed by atoms with E-state index in [1.807, 2.05) is 0 Å². The van der Waals surface area contributed by atoms with E-state index in [4.69, 9.17) is 0 Å². The minimum Gasteiger partial charge on any atom is -0.312 e. The van der Waals surface area contributed by atoms with E-state index in [-0.39, 0.29) is 5.54 Å². The first-order chi connectivity index (χ1) is 9.04. The molecule has 0 spiro atoms. The number of thiophene rings is 1. The van der Waals surface area contributed by atoms with E-state index >= 15 is 0 Å². The first-order valence-electron chi connectivity index (χ1n) is 7.46. The highest BCUT2D eigenvalue weighted by Crippen LogP contribution is 2.25. The van der Waals surface area contributed by atoms with Crippen LogP contribution in [-0.4, -0.2) is 37.1 Å². The van der Waals surface area contributed by atoms with Crippen LogP contribution >= 0.6 is 11.3 Å². The molecule has 0 aliphatic rings. The molecule has 0 saturated heterocycles. The predicted molar refractivity (Wildman–Crippen MR) is 87.1 cm³/mol. The standard InChI is InChI=1S/C16H30N2S/c1-6-11-17-15(16(3,7-2)18(4)5)9-8-14-10-12-19-13-14/h10,12-13,15,17H,6-9,11H2,1-5H3. The largest absolute Gasteiger partial charge is 0.312 e. The fraction of sp³-hybridized carbons (Fsp3) is 0.750. The summed E-state index contributed by atoms with van der Waals surface area (Å²) in [6.45, 7) is 8.03. The Hall–Kier alpha value is -0.380. The normalized spacial score (nSPS) is 16.5. The van der Waals surface area contributed by atoms with E-state index in [1.165, 1.54) is 31.2 Å². The molecule has 3 heteroatoms. The average Bonchev–Trinajstić information content (AvgIpc) is 2.91. The maximum atomic E-state index is 3.77. The van der Waals surface area contributed by atoms with Gasteiger partial charge in [0.15, 0.2) is 0 Å². The van der Waals surface area contributed by atoms with Gasteiger partial charge in [0.25, 0.3) is 0 Å². The number of rotatable bonds is 9. The van der Waals surface area contributed by atoms with Gasteiger partial charge >= 0.3 is 0 Å². The van der Waals surface area contributed by atoms with Gasteiger partial charge in [0, 0.05) is 11.6 Å². The van der Waals surface area contributed by atoms with E-state index in [2.05, 4.69) is 61.9 Å². The molecule has 19 heavy (non-hydrogen) atoms. The highest BCUT2D eigenvalue weighted by molar-refractivity contribution is 7.07. The molecule has 1 N–H and O–H groups in total. The van der Waals surface area contributed by atoms with Gasteiger partial charge in [-0.05, 0) is 75.6 Å². The molecule has 0 aliphatic heterocycles. The molecule has 0 aromatic carbocycles. The van der Waals surface area contributed by atoms with Crippen LogP contribution in [0.2, 0.25) is 0 Å². The molecular formula is C16H30N2S. The lowest BCUT2D eigenvalue weighted by Gasteiger charge is -2.43. The van der Waals surface area contributed by atoms with Gasteiger partial charge in [0.1, 0.15) is 0 Å². The van der Waals surface area contributed by atoms with E-state index in [0.717, 1.165) is 6.54 Å². The summed E-state index contributed by atoms with van der Waals surface area (Å²) in [4.78, 5) is 2.38. The molecule has 110 valence electrons. The number of nitrogens with one attached hydrogen (secondary N) is 1. The lowest BCUT2D eigenvalue weighted by atomic mass is 9.84. The van der Waals surface area contributed by atoms with Crippen molar-refractivity contribution in [2.45, 2.75) is 58.0 Å². The zero-order chi connectivity index (χ0) is 14.3. The van der Waals surface area contributed by atoms with Gasteiger partial charge in [0.05, 0.1) is 0 Å². The lowest BCUT2D eigenvalue weighted by molar-refractivity contribution is 0.108. The molecule has 0 saturated carbocycles. The molecule has 1 aromatic heterocycles. The molecular weight excluding hydrogens is 252 g/mol. The van der Waals surface area contributed by atoms with Crippen LogP contribution in [-0.2, 0) is 6.42 Å². The van der Waals surface area contributed by atoms with E-state index < -0.39 is 0 Å². The van der Waals surface area contributed by atoms with Crippen molar-refractivity contribution in [3.05, 3.63) is 22.4 Å². The Balaban J connectivity index is 2.69. The van der Waals surface area contributed by atoms with Gasteiger partial charge in [-0.3, -0.25) is 0 Å². The number of aryl methyl sites for hydroxylation is 1. The van der Waals surface area contributed by atoms with Crippen molar-refractivity contribution in [1.82, 2.24) is 10.2 Å². The third-order valence-electron chi connectivity index (χ3n) is 4.43. The molecule has 0 fully saturated rings. The molecule has 1 rings (SSSR count). The molecule has 0 amide bonds. The van der Waals surface area contributed by atoms with Crippen molar-refractivity contribution in [3.8, 4) is 0 Å². The van der Waals surface area contributed by atoms with Crippen molar-refractivity contribution < 1.29 is 0 Å². The first kappa shape index (κ1) is 16.7. The molecule has 2 atom stereocenters. The van der Waals surface area contributed by atoms with Gasteiger partial charge in [-0.25, -0.2) is 0 Å². The van der Waals surface area contributed by atoms with Crippen LogP contribution in [0.25, 0.3) is 0 Å². The summed E-state index contributed by atoms with van der Waals surface area (Å²) >= 11 is 1.80. The Morgan fingerprint density at radius 2 is 2.11 bits per heavy atom. The zero-order valence-electron chi connectivity index (χ0n) is 13.2. The second kappa shape index (κ2) is 8.03. The number of likely N-dealkylation sites (N-methyl/N-ethyl adjacent to an activating group) is 1. The minimum absolute atomic E-state index is 0.227. The predicted octanol–water partition coefficient (Wildman–Crippen LogP) is 3.78. The Kier molecular flexibility index (Phi) is 7.05. The SMILES string of the molecule is CCCNC(CCc1ccsc1)C(C)(CC)N(C)C. The van der Waals surface area contributed by atoms with Crippen molar-refractivity contribution in [2.24, 2.45) is 0 Å². The van der Waals surface area contributed by atoms with E-state index in [9.17, 15) is 0 Å². The number of nitrogens with zero attached hydrogens (tertiary/aromatic N) is 1. The maximum Gasteiger partial charge on any atom is 0.0325 e. The molecule has 1 heterocycles. The van der Waals surface area contributed by atoms with Crippen LogP contribution in [0.15, 0.2) is 16.8 Å². The first-order valence-corrected chi connectivity index (χ1v) is 8.40. The lowest BCUT2D eigenvalue weighted by Crippen LogP contribution is -2.57. The van der Waals surface area contributed by atoms with Gasteiger partial charge in [-0.2, -0.15) is 11.3 Å².